The van der Waals surface area contributed by atoms with E-state index in [0.717, 1.165) is 0 Å². The maximum Gasteiger partial charge on any atom is 0.322 e. The van der Waals surface area contributed by atoms with Gasteiger partial charge in [0.05, 0.1) is 28.4 Å². The first-order chi connectivity index (χ1) is 15.2. The molecule has 0 spiro atoms. The molecule has 2 aromatic rings. The van der Waals surface area contributed by atoms with E-state index < -0.39 is 29.0 Å². The molecule has 2 aromatic carbocycles. The molecule has 0 saturated heterocycles. The Labute approximate surface area is 186 Å². The number of esters is 1. The van der Waals surface area contributed by atoms with Gasteiger partial charge < -0.3 is 23.7 Å². The fourth-order valence-electron chi connectivity index (χ4n) is 2.68. The summed E-state index contributed by atoms with van der Waals surface area (Å²) < 4.78 is 54.6. The zero-order valence-electron chi connectivity index (χ0n) is 18.2. The largest absolute Gasteiger partial charge is 0.497 e. The molecule has 0 saturated carbocycles. The topological polar surface area (TPSA) is 147 Å². The molecule has 0 radical (unpaired) electrons. The standard InChI is InChI=1S/C20H27N3O8S/c1-27-14-6-5-13(17(9-14)29-3)11-22-32(25,26)23-12-19(24)31-20(21)16-8-7-15(28-2)10-18(16)30-4/h5-10,20,22-23H,11-12,21H2,1-4H3. The van der Waals surface area contributed by atoms with Crippen molar-refractivity contribution in [1.82, 2.24) is 9.44 Å². The van der Waals surface area contributed by atoms with Crippen LogP contribution in [-0.4, -0.2) is 49.4 Å². The van der Waals surface area contributed by atoms with Crippen LogP contribution in [0.3, 0.4) is 0 Å². The molecular weight excluding hydrogens is 442 g/mol. The number of carbonyl (C=O) groups is 1. The minimum atomic E-state index is -4.01. The molecule has 0 aliphatic rings. The van der Waals surface area contributed by atoms with Crippen LogP contribution in [0.1, 0.15) is 17.4 Å². The normalized spacial score (nSPS) is 12.0. The summed E-state index contributed by atoms with van der Waals surface area (Å²) in [7, 11) is 1.90. The van der Waals surface area contributed by atoms with E-state index in [4.69, 9.17) is 29.4 Å². The van der Waals surface area contributed by atoms with Crippen molar-refractivity contribution in [1.29, 1.82) is 0 Å². The maximum absolute atomic E-state index is 12.2. The van der Waals surface area contributed by atoms with Crippen LogP contribution in [0.25, 0.3) is 0 Å². The van der Waals surface area contributed by atoms with Gasteiger partial charge >= 0.3 is 5.97 Å². The molecule has 0 aromatic heterocycles. The van der Waals surface area contributed by atoms with Crippen molar-refractivity contribution < 1.29 is 36.9 Å². The predicted octanol–water partition coefficient (Wildman–Crippen LogP) is 0.846. The van der Waals surface area contributed by atoms with Gasteiger partial charge in [0.2, 0.25) is 0 Å². The molecule has 32 heavy (non-hydrogen) atoms. The fourth-order valence-corrected chi connectivity index (χ4v) is 3.43. The van der Waals surface area contributed by atoms with Crippen LogP contribution in [0.2, 0.25) is 0 Å². The molecular formula is C20H27N3O8S. The Morgan fingerprint density at radius 2 is 1.50 bits per heavy atom. The molecule has 0 amide bonds. The van der Waals surface area contributed by atoms with Crippen LogP contribution >= 0.6 is 0 Å². The lowest BCUT2D eigenvalue weighted by atomic mass is 10.1. The summed E-state index contributed by atoms with van der Waals surface area (Å²) in [4.78, 5) is 12.1. The van der Waals surface area contributed by atoms with Crippen molar-refractivity contribution in [2.45, 2.75) is 12.8 Å². The van der Waals surface area contributed by atoms with Gasteiger partial charge in [-0.15, -0.1) is 0 Å². The highest BCUT2D eigenvalue weighted by Gasteiger charge is 2.19. The van der Waals surface area contributed by atoms with Crippen LogP contribution in [0, 0.1) is 0 Å². The van der Waals surface area contributed by atoms with Crippen LogP contribution in [-0.2, 0) is 26.3 Å². The van der Waals surface area contributed by atoms with Gasteiger partial charge in [0.25, 0.3) is 10.2 Å². The lowest BCUT2D eigenvalue weighted by molar-refractivity contribution is -0.147. The van der Waals surface area contributed by atoms with E-state index in [1.54, 1.807) is 36.4 Å². The maximum atomic E-state index is 12.2. The van der Waals surface area contributed by atoms with Crippen molar-refractivity contribution in [3.8, 4) is 23.0 Å². The number of benzene rings is 2. The Balaban J connectivity index is 1.92. The van der Waals surface area contributed by atoms with Gasteiger partial charge in [-0.2, -0.15) is 17.9 Å². The lowest BCUT2D eigenvalue weighted by Gasteiger charge is -2.17. The zero-order chi connectivity index (χ0) is 23.7. The molecule has 1 unspecified atom stereocenters. The van der Waals surface area contributed by atoms with Crippen molar-refractivity contribution in [3.05, 3.63) is 47.5 Å². The highest BCUT2D eigenvalue weighted by Crippen LogP contribution is 2.29. The molecule has 2 rings (SSSR count). The van der Waals surface area contributed by atoms with Crippen molar-refractivity contribution in [2.75, 3.05) is 35.0 Å². The van der Waals surface area contributed by atoms with Gasteiger partial charge in [-0.1, -0.05) is 6.07 Å². The Bertz CT molecular complexity index is 1030. The van der Waals surface area contributed by atoms with E-state index in [-0.39, 0.29) is 6.54 Å². The van der Waals surface area contributed by atoms with Gasteiger partial charge in [0.15, 0.2) is 6.23 Å². The van der Waals surface area contributed by atoms with E-state index in [2.05, 4.69) is 9.44 Å². The molecule has 0 fully saturated rings. The third-order valence-electron chi connectivity index (χ3n) is 4.36. The Kier molecular flexibility index (Phi) is 9.08. The minimum absolute atomic E-state index is 0.0693. The van der Waals surface area contributed by atoms with Crippen molar-refractivity contribution >= 4 is 16.2 Å². The van der Waals surface area contributed by atoms with E-state index in [1.807, 2.05) is 0 Å². The lowest BCUT2D eigenvalue weighted by Crippen LogP contribution is -2.40. The Morgan fingerprint density at radius 3 is 2.09 bits per heavy atom. The third kappa shape index (κ3) is 6.99. The second-order valence-corrected chi connectivity index (χ2v) is 7.93. The number of hydrogen-bond acceptors (Lipinski definition) is 9. The molecule has 0 aliphatic carbocycles. The number of ether oxygens (including phenoxy) is 5. The molecule has 0 aliphatic heterocycles. The number of nitrogens with two attached hydrogens (primary N) is 1. The van der Waals surface area contributed by atoms with Crippen LogP contribution in [0.15, 0.2) is 36.4 Å². The Hall–Kier alpha value is -3.06. The average Bonchev–Trinajstić information content (AvgIpc) is 2.80. The van der Waals surface area contributed by atoms with Gasteiger partial charge in [-0.25, -0.2) is 0 Å². The minimum Gasteiger partial charge on any atom is -0.497 e. The average molecular weight is 470 g/mol. The summed E-state index contributed by atoms with van der Waals surface area (Å²) >= 11 is 0. The van der Waals surface area contributed by atoms with Crippen LogP contribution in [0.4, 0.5) is 0 Å². The second kappa shape index (κ2) is 11.5. The van der Waals surface area contributed by atoms with Gasteiger partial charge in [-0.3, -0.25) is 10.5 Å². The van der Waals surface area contributed by atoms with Gasteiger partial charge in [-0.05, 0) is 18.2 Å². The highest BCUT2D eigenvalue weighted by molar-refractivity contribution is 7.87. The van der Waals surface area contributed by atoms with E-state index in [9.17, 15) is 13.2 Å². The molecule has 11 nitrogen and oxygen atoms in total. The molecule has 1 atom stereocenters. The monoisotopic (exact) mass is 469 g/mol. The molecule has 176 valence electrons. The first-order valence-corrected chi connectivity index (χ1v) is 10.8. The SMILES string of the molecule is COc1ccc(CNS(=O)(=O)NCC(=O)OC(N)c2ccc(OC)cc2OC)c(OC)c1. The number of nitrogens with one attached hydrogen (secondary N) is 2. The fraction of sp³-hybridized carbons (Fsp3) is 0.350. The van der Waals surface area contributed by atoms with Crippen LogP contribution in [0.5, 0.6) is 23.0 Å². The summed E-state index contributed by atoms with van der Waals surface area (Å²) in [6, 6.07) is 9.77. The molecule has 4 N–H and O–H groups in total. The summed E-state index contributed by atoms with van der Waals surface area (Å²) in [5.41, 5.74) is 6.89. The summed E-state index contributed by atoms with van der Waals surface area (Å²) in [6.45, 7) is -0.693. The van der Waals surface area contributed by atoms with Gasteiger partial charge in [0.1, 0.15) is 29.5 Å². The summed E-state index contributed by atoms with van der Waals surface area (Å²) in [5, 5.41) is 0. The number of carbonyl (C=O) groups excluding carboxylic acids is 1. The molecule has 0 bridgehead atoms. The zero-order valence-corrected chi connectivity index (χ0v) is 19.0. The number of rotatable bonds is 12. The number of hydrogen-bond donors (Lipinski definition) is 3. The Morgan fingerprint density at radius 1 is 0.906 bits per heavy atom. The second-order valence-electron chi connectivity index (χ2n) is 6.34. The predicted molar refractivity (Wildman–Crippen MR) is 116 cm³/mol. The first kappa shape index (κ1) is 25.2. The van der Waals surface area contributed by atoms with E-state index in [0.29, 0.717) is 34.1 Å². The summed E-state index contributed by atoms with van der Waals surface area (Å²) in [6.07, 6.45) is -1.16. The quantitative estimate of drug-likeness (QED) is 0.304. The highest BCUT2D eigenvalue weighted by atomic mass is 32.2. The number of methoxy groups -OCH3 is 4. The molecule has 0 heterocycles. The van der Waals surface area contributed by atoms with E-state index >= 15 is 0 Å². The third-order valence-corrected chi connectivity index (χ3v) is 5.41. The molecule has 12 heteroatoms. The smallest absolute Gasteiger partial charge is 0.322 e. The first-order valence-electron chi connectivity index (χ1n) is 9.35. The van der Waals surface area contributed by atoms with E-state index in [1.165, 1.54) is 28.4 Å². The van der Waals surface area contributed by atoms with Crippen molar-refractivity contribution in [3.63, 3.8) is 0 Å². The van der Waals surface area contributed by atoms with Crippen molar-refractivity contribution in [2.24, 2.45) is 5.73 Å². The van der Waals surface area contributed by atoms with Gasteiger partial charge in [0, 0.05) is 29.8 Å². The summed E-state index contributed by atoms with van der Waals surface area (Å²) in [5.74, 6) is 1.05. The van der Waals surface area contributed by atoms with Crippen LogP contribution < -0.4 is 34.1 Å².